The maximum absolute atomic E-state index is 13.4. The van der Waals surface area contributed by atoms with Gasteiger partial charge in [0, 0.05) is 18.0 Å². The number of nitrogens with one attached hydrogen (secondary N) is 2. The van der Waals surface area contributed by atoms with Gasteiger partial charge in [0.15, 0.2) is 5.16 Å². The summed E-state index contributed by atoms with van der Waals surface area (Å²) in [5.74, 6) is 0.0374. The Balaban J connectivity index is 1.76. The molecule has 0 saturated carbocycles. The van der Waals surface area contributed by atoms with Crippen molar-refractivity contribution < 1.29 is 14.3 Å². The van der Waals surface area contributed by atoms with E-state index in [0.29, 0.717) is 41.0 Å². The van der Waals surface area contributed by atoms with Crippen LogP contribution in [0, 0.1) is 12.8 Å². The molecule has 0 aliphatic carbocycles. The maximum Gasteiger partial charge on any atom is 0.321 e. The van der Waals surface area contributed by atoms with Gasteiger partial charge in [0.05, 0.1) is 23.8 Å². The minimum Gasteiger partial charge on any atom is -0.376 e. The Morgan fingerprint density at radius 1 is 1.38 bits per heavy atom. The second kappa shape index (κ2) is 11.3. The van der Waals surface area contributed by atoms with Crippen molar-refractivity contribution in [3.8, 4) is 0 Å². The van der Waals surface area contributed by atoms with E-state index < -0.39 is 11.9 Å². The van der Waals surface area contributed by atoms with Gasteiger partial charge in [-0.05, 0) is 44.1 Å². The van der Waals surface area contributed by atoms with Gasteiger partial charge in [-0.1, -0.05) is 32.5 Å². The minimum absolute atomic E-state index is 0.00787. The zero-order valence-electron chi connectivity index (χ0n) is 19.2. The molecule has 2 N–H and O–H groups in total. The van der Waals surface area contributed by atoms with Gasteiger partial charge in [0.1, 0.15) is 4.83 Å². The molecule has 1 atom stereocenters. The minimum atomic E-state index is -0.502. The smallest absolute Gasteiger partial charge is 0.321 e. The molecule has 3 heterocycles. The van der Waals surface area contributed by atoms with Crippen molar-refractivity contribution in [2.75, 3.05) is 18.9 Å². The Hall–Kier alpha value is -1.91. The number of carbonyl (C=O) groups excluding carboxylic acids is 2. The van der Waals surface area contributed by atoms with E-state index in [1.807, 2.05) is 13.8 Å². The second-order valence-electron chi connectivity index (χ2n) is 8.39. The molecule has 1 unspecified atom stereocenters. The Kier molecular flexibility index (Phi) is 8.72. The fourth-order valence-corrected chi connectivity index (χ4v) is 5.69. The highest BCUT2D eigenvalue weighted by atomic mass is 32.2. The molecule has 0 radical (unpaired) electrons. The number of amides is 3. The van der Waals surface area contributed by atoms with Gasteiger partial charge in [-0.15, -0.1) is 11.3 Å². The van der Waals surface area contributed by atoms with E-state index in [1.54, 1.807) is 4.57 Å². The summed E-state index contributed by atoms with van der Waals surface area (Å²) in [6.07, 6.45) is 3.45. The van der Waals surface area contributed by atoms with E-state index in [0.717, 1.165) is 36.1 Å². The zero-order chi connectivity index (χ0) is 23.3. The summed E-state index contributed by atoms with van der Waals surface area (Å²) in [6, 6.07) is -0.502. The van der Waals surface area contributed by atoms with Gasteiger partial charge in [-0.3, -0.25) is 19.5 Å². The van der Waals surface area contributed by atoms with Crippen molar-refractivity contribution in [2.24, 2.45) is 5.92 Å². The van der Waals surface area contributed by atoms with Crippen LogP contribution in [0.15, 0.2) is 9.95 Å². The van der Waals surface area contributed by atoms with Crippen molar-refractivity contribution in [3.63, 3.8) is 0 Å². The Bertz CT molecular complexity index is 1030. The average Bonchev–Trinajstić information content (AvgIpc) is 3.35. The highest BCUT2D eigenvalue weighted by molar-refractivity contribution is 7.99. The number of nitrogens with zero attached hydrogens (tertiary/aromatic N) is 2. The molecule has 2 aromatic heterocycles. The molecule has 32 heavy (non-hydrogen) atoms. The van der Waals surface area contributed by atoms with Gasteiger partial charge < -0.3 is 10.1 Å². The lowest BCUT2D eigenvalue weighted by atomic mass is 10.1. The predicted octanol–water partition coefficient (Wildman–Crippen LogP) is 3.47. The van der Waals surface area contributed by atoms with Crippen molar-refractivity contribution in [1.29, 1.82) is 0 Å². The Morgan fingerprint density at radius 3 is 2.81 bits per heavy atom. The van der Waals surface area contributed by atoms with Gasteiger partial charge in [-0.2, -0.15) is 0 Å². The van der Waals surface area contributed by atoms with Crippen molar-refractivity contribution in [2.45, 2.75) is 71.2 Å². The lowest BCUT2D eigenvalue weighted by Gasteiger charge is -2.16. The topological polar surface area (TPSA) is 102 Å². The fraction of sp³-hybridized carbons (Fsp3) is 0.636. The van der Waals surface area contributed by atoms with Crippen LogP contribution in [0.4, 0.5) is 4.79 Å². The normalized spacial score (nSPS) is 16.1. The van der Waals surface area contributed by atoms with Crippen LogP contribution in [0.1, 0.15) is 50.5 Å². The van der Waals surface area contributed by atoms with E-state index in [2.05, 4.69) is 24.5 Å². The number of carbonyl (C=O) groups is 2. The summed E-state index contributed by atoms with van der Waals surface area (Å²) in [5, 5.41) is 6.19. The largest absolute Gasteiger partial charge is 0.376 e. The number of fused-ring (bicyclic) bond motifs is 1. The number of aromatic nitrogens is 2. The molecule has 2 aromatic rings. The van der Waals surface area contributed by atoms with E-state index in [1.165, 1.54) is 23.1 Å². The summed E-state index contributed by atoms with van der Waals surface area (Å²) in [7, 11) is 0. The molecule has 1 saturated heterocycles. The number of thiophene rings is 1. The first-order valence-electron chi connectivity index (χ1n) is 11.1. The monoisotopic (exact) mass is 480 g/mol. The highest BCUT2D eigenvalue weighted by Gasteiger charge is 2.23. The van der Waals surface area contributed by atoms with Crippen LogP contribution in [0.3, 0.4) is 0 Å². The molecular weight excluding hydrogens is 448 g/mol. The maximum atomic E-state index is 13.4. The van der Waals surface area contributed by atoms with Crippen molar-refractivity contribution in [3.05, 3.63) is 20.8 Å². The molecule has 1 aliphatic rings. The van der Waals surface area contributed by atoms with Crippen molar-refractivity contribution in [1.82, 2.24) is 20.2 Å². The first-order chi connectivity index (χ1) is 15.3. The van der Waals surface area contributed by atoms with Crippen LogP contribution in [-0.4, -0.2) is 46.5 Å². The van der Waals surface area contributed by atoms with Crippen LogP contribution >= 0.6 is 23.1 Å². The molecule has 0 aromatic carbocycles. The summed E-state index contributed by atoms with van der Waals surface area (Å²) in [6.45, 7) is 9.81. The SMILES string of the molecule is CCc1c(C)sc2nc(SCC(=O)NC(=O)NCCC(C)C)n(CC3CCCO3)c(=O)c12. The van der Waals surface area contributed by atoms with Gasteiger partial charge in [0.2, 0.25) is 5.91 Å². The van der Waals surface area contributed by atoms with E-state index >= 15 is 0 Å². The van der Waals surface area contributed by atoms with Crippen LogP contribution in [-0.2, 0) is 22.5 Å². The molecule has 1 fully saturated rings. The molecule has 3 amide bonds. The highest BCUT2D eigenvalue weighted by Crippen LogP contribution is 2.30. The lowest BCUT2D eigenvalue weighted by Crippen LogP contribution is -2.41. The number of hydrogen-bond acceptors (Lipinski definition) is 7. The number of ether oxygens (including phenoxy) is 1. The number of imide groups is 1. The quantitative estimate of drug-likeness (QED) is 0.421. The number of urea groups is 1. The van der Waals surface area contributed by atoms with E-state index in [9.17, 15) is 14.4 Å². The summed E-state index contributed by atoms with van der Waals surface area (Å²) in [5.41, 5.74) is 0.956. The second-order valence-corrected chi connectivity index (χ2v) is 10.5. The van der Waals surface area contributed by atoms with E-state index in [4.69, 9.17) is 9.72 Å². The average molecular weight is 481 g/mol. The molecule has 8 nitrogen and oxygen atoms in total. The number of aryl methyl sites for hydroxylation is 2. The third-order valence-corrected chi connectivity index (χ3v) is 7.45. The molecule has 10 heteroatoms. The third-order valence-electron chi connectivity index (χ3n) is 5.43. The van der Waals surface area contributed by atoms with Crippen LogP contribution in [0.25, 0.3) is 10.2 Å². The molecule has 3 rings (SSSR count). The summed E-state index contributed by atoms with van der Waals surface area (Å²) in [4.78, 5) is 44.2. The number of thioether (sulfide) groups is 1. The standard InChI is InChI=1S/C22H32N4O4S2/c1-5-16-14(4)32-19-18(16)20(28)26(11-15-7-6-10-30-15)22(25-19)31-12-17(27)24-21(29)23-9-8-13(2)3/h13,15H,5-12H2,1-4H3,(H2,23,24,27,29). The number of rotatable bonds is 9. The Labute approximate surface area is 196 Å². The molecule has 176 valence electrons. The van der Waals surface area contributed by atoms with Crippen LogP contribution in [0.5, 0.6) is 0 Å². The van der Waals surface area contributed by atoms with Gasteiger partial charge >= 0.3 is 6.03 Å². The summed E-state index contributed by atoms with van der Waals surface area (Å²) >= 11 is 2.68. The molecule has 0 spiro atoms. The van der Waals surface area contributed by atoms with Crippen molar-refractivity contribution >= 4 is 45.3 Å². The van der Waals surface area contributed by atoms with Gasteiger partial charge in [0.25, 0.3) is 5.56 Å². The fourth-order valence-electron chi connectivity index (χ4n) is 3.73. The zero-order valence-corrected chi connectivity index (χ0v) is 20.8. The third kappa shape index (κ3) is 6.11. The molecule has 1 aliphatic heterocycles. The first-order valence-corrected chi connectivity index (χ1v) is 12.9. The van der Waals surface area contributed by atoms with Gasteiger partial charge in [-0.25, -0.2) is 9.78 Å². The number of hydrogen-bond donors (Lipinski definition) is 2. The predicted molar refractivity (Wildman–Crippen MR) is 129 cm³/mol. The first kappa shape index (κ1) is 24.7. The summed E-state index contributed by atoms with van der Waals surface area (Å²) < 4.78 is 7.39. The van der Waals surface area contributed by atoms with Crippen LogP contribution < -0.4 is 16.2 Å². The van der Waals surface area contributed by atoms with E-state index in [-0.39, 0.29) is 17.4 Å². The Morgan fingerprint density at radius 2 is 2.16 bits per heavy atom. The van der Waals surface area contributed by atoms with Crippen LogP contribution in [0.2, 0.25) is 0 Å². The lowest BCUT2D eigenvalue weighted by molar-refractivity contribution is -0.117. The molecular formula is C22H32N4O4S2. The molecule has 0 bridgehead atoms.